The Morgan fingerprint density at radius 2 is 1.28 bits per heavy atom. The molecule has 18 heavy (non-hydrogen) atoms. The minimum atomic E-state index is -0.0546. The molecule has 1 N–H and O–H groups in total. The van der Waals surface area contributed by atoms with Gasteiger partial charge in [0.25, 0.3) is 0 Å². The summed E-state index contributed by atoms with van der Waals surface area (Å²) >= 11 is 0. The van der Waals surface area contributed by atoms with E-state index in [0.29, 0.717) is 0 Å². The summed E-state index contributed by atoms with van der Waals surface area (Å²) in [4.78, 5) is 0. The van der Waals surface area contributed by atoms with E-state index in [0.717, 1.165) is 19.4 Å². The van der Waals surface area contributed by atoms with Gasteiger partial charge in [0, 0.05) is 5.54 Å². The highest BCUT2D eigenvalue weighted by Gasteiger charge is 2.25. The Morgan fingerprint density at radius 3 is 1.61 bits per heavy atom. The summed E-state index contributed by atoms with van der Waals surface area (Å²) in [6, 6.07) is 0. The van der Waals surface area contributed by atoms with Crippen molar-refractivity contribution in [2.45, 2.75) is 98.8 Å². The zero-order valence-electron chi connectivity index (χ0n) is 14.5. The second-order valence-corrected chi connectivity index (χ2v) is 7.25. The molecule has 0 aliphatic rings. The highest BCUT2D eigenvalue weighted by Crippen LogP contribution is 2.23. The maximum atomic E-state index is 6.03. The van der Waals surface area contributed by atoms with Crippen LogP contribution in [0.25, 0.3) is 0 Å². The van der Waals surface area contributed by atoms with Gasteiger partial charge in [-0.05, 0) is 74.8 Å². The Labute approximate surface area is 116 Å². The van der Waals surface area contributed by atoms with E-state index in [-0.39, 0.29) is 16.7 Å². The number of ether oxygens (including phenoxy) is 1. The first-order valence-electron chi connectivity index (χ1n) is 7.37. The van der Waals surface area contributed by atoms with E-state index in [1.165, 1.54) is 0 Å². The Balaban J connectivity index is 0. The van der Waals surface area contributed by atoms with Crippen LogP contribution in [0.1, 0.15) is 82.1 Å². The predicted molar refractivity (Wildman–Crippen MR) is 83.3 cm³/mol. The van der Waals surface area contributed by atoms with Gasteiger partial charge in [0.15, 0.2) is 0 Å². The van der Waals surface area contributed by atoms with Crippen LogP contribution in [-0.4, -0.2) is 23.3 Å². The van der Waals surface area contributed by atoms with Crippen molar-refractivity contribution in [2.24, 2.45) is 0 Å². The molecule has 0 atom stereocenters. The molecule has 0 saturated heterocycles. The van der Waals surface area contributed by atoms with Crippen LogP contribution in [0.2, 0.25) is 0 Å². The fourth-order valence-electron chi connectivity index (χ4n) is 1.86. The number of rotatable bonds is 5. The van der Waals surface area contributed by atoms with E-state index < -0.39 is 0 Å². The van der Waals surface area contributed by atoms with Crippen molar-refractivity contribution in [3.63, 3.8) is 0 Å². The third-order valence-electron chi connectivity index (χ3n) is 2.19. The van der Waals surface area contributed by atoms with Gasteiger partial charge in [-0.1, -0.05) is 13.8 Å². The van der Waals surface area contributed by atoms with E-state index >= 15 is 0 Å². The largest absolute Gasteiger partial charge is 0.370 e. The van der Waals surface area contributed by atoms with Gasteiger partial charge in [0.1, 0.15) is 0 Å². The lowest BCUT2D eigenvalue weighted by Crippen LogP contribution is -2.38. The highest BCUT2D eigenvalue weighted by atomic mass is 16.5. The standard InChI is InChI=1S/C14H31NO.C2H6/c1-12(2,3)15-11-9-10-14(7,8)16-13(4,5)6;1-2/h15H,9-11H2,1-8H3;1-2H3. The molecule has 0 aromatic rings. The van der Waals surface area contributed by atoms with E-state index in [1.54, 1.807) is 0 Å². The zero-order valence-corrected chi connectivity index (χ0v) is 14.5. The van der Waals surface area contributed by atoms with E-state index in [1.807, 2.05) is 13.8 Å². The molecule has 0 saturated carbocycles. The lowest BCUT2D eigenvalue weighted by Gasteiger charge is -2.34. The van der Waals surface area contributed by atoms with Gasteiger partial charge < -0.3 is 10.1 Å². The van der Waals surface area contributed by atoms with Crippen LogP contribution >= 0.6 is 0 Å². The molecule has 0 rings (SSSR count). The topological polar surface area (TPSA) is 21.3 Å². The molecule has 2 heteroatoms. The predicted octanol–water partition coefficient (Wildman–Crippen LogP) is 4.77. The average molecular weight is 259 g/mol. The average Bonchev–Trinajstić information content (AvgIpc) is 2.10. The van der Waals surface area contributed by atoms with Crippen LogP contribution in [-0.2, 0) is 4.74 Å². The first-order chi connectivity index (χ1) is 7.91. The maximum Gasteiger partial charge on any atom is 0.0634 e. The van der Waals surface area contributed by atoms with Gasteiger partial charge in [0.2, 0.25) is 0 Å². The summed E-state index contributed by atoms with van der Waals surface area (Å²) < 4.78 is 6.03. The SMILES string of the molecule is CC.CC(C)(C)NCCCC(C)(C)OC(C)(C)C. The van der Waals surface area contributed by atoms with Gasteiger partial charge in [-0.15, -0.1) is 0 Å². The first-order valence-corrected chi connectivity index (χ1v) is 7.37. The number of hydrogen-bond donors (Lipinski definition) is 1. The lowest BCUT2D eigenvalue weighted by atomic mass is 10.00. The van der Waals surface area contributed by atoms with Gasteiger partial charge in [-0.3, -0.25) is 0 Å². The normalized spacial score (nSPS) is 13.0. The van der Waals surface area contributed by atoms with Crippen molar-refractivity contribution in [3.8, 4) is 0 Å². The lowest BCUT2D eigenvalue weighted by molar-refractivity contribution is -0.116. The number of nitrogens with one attached hydrogen (secondary N) is 1. The molecule has 0 amide bonds. The van der Waals surface area contributed by atoms with Crippen molar-refractivity contribution in [1.29, 1.82) is 0 Å². The van der Waals surface area contributed by atoms with E-state index in [2.05, 4.69) is 60.7 Å². The van der Waals surface area contributed by atoms with Crippen molar-refractivity contribution >= 4 is 0 Å². The molecule has 0 aliphatic carbocycles. The summed E-state index contributed by atoms with van der Waals surface area (Å²) in [5.41, 5.74) is 0.133. The quantitative estimate of drug-likeness (QED) is 0.718. The molecule has 0 fully saturated rings. The summed E-state index contributed by atoms with van der Waals surface area (Å²) in [6.07, 6.45) is 2.24. The van der Waals surface area contributed by atoms with E-state index in [9.17, 15) is 0 Å². The van der Waals surface area contributed by atoms with Crippen LogP contribution in [0.4, 0.5) is 0 Å². The summed E-state index contributed by atoms with van der Waals surface area (Å²) in [7, 11) is 0. The van der Waals surface area contributed by atoms with Crippen LogP contribution < -0.4 is 5.32 Å². The fourth-order valence-corrected chi connectivity index (χ4v) is 1.86. The molecule has 0 unspecified atom stereocenters. The minimum Gasteiger partial charge on any atom is -0.370 e. The fraction of sp³-hybridized carbons (Fsp3) is 1.00. The molecule has 0 spiro atoms. The Morgan fingerprint density at radius 1 is 0.833 bits per heavy atom. The molecule has 0 bridgehead atoms. The third-order valence-corrected chi connectivity index (χ3v) is 2.19. The molecular weight excluding hydrogens is 222 g/mol. The molecule has 0 heterocycles. The van der Waals surface area contributed by atoms with Crippen LogP contribution in [0, 0.1) is 0 Å². The van der Waals surface area contributed by atoms with Crippen LogP contribution in [0.5, 0.6) is 0 Å². The van der Waals surface area contributed by atoms with E-state index in [4.69, 9.17) is 4.74 Å². The molecule has 0 aromatic heterocycles. The molecule has 0 aliphatic heterocycles. The molecular formula is C16H37NO. The minimum absolute atomic E-state index is 0.0299. The Bertz CT molecular complexity index is 196. The van der Waals surface area contributed by atoms with Gasteiger partial charge in [-0.25, -0.2) is 0 Å². The Hall–Kier alpha value is -0.0800. The zero-order chi connectivity index (χ0) is 15.0. The van der Waals surface area contributed by atoms with Crippen LogP contribution in [0.15, 0.2) is 0 Å². The monoisotopic (exact) mass is 259 g/mol. The Kier molecular flexibility index (Phi) is 9.18. The van der Waals surface area contributed by atoms with Crippen LogP contribution in [0.3, 0.4) is 0 Å². The van der Waals surface area contributed by atoms with Crippen molar-refractivity contribution < 1.29 is 4.74 Å². The summed E-state index contributed by atoms with van der Waals surface area (Å²) in [5, 5.41) is 3.50. The number of hydrogen-bond acceptors (Lipinski definition) is 2. The smallest absolute Gasteiger partial charge is 0.0634 e. The highest BCUT2D eigenvalue weighted by molar-refractivity contribution is 4.76. The first kappa shape index (κ1) is 20.2. The third kappa shape index (κ3) is 15.9. The maximum absolute atomic E-state index is 6.03. The molecule has 0 aromatic carbocycles. The summed E-state index contributed by atoms with van der Waals surface area (Å²) in [5.74, 6) is 0. The van der Waals surface area contributed by atoms with Gasteiger partial charge in [-0.2, -0.15) is 0 Å². The van der Waals surface area contributed by atoms with Gasteiger partial charge >= 0.3 is 0 Å². The summed E-state index contributed by atoms with van der Waals surface area (Å²) in [6.45, 7) is 22.3. The van der Waals surface area contributed by atoms with Gasteiger partial charge in [0.05, 0.1) is 11.2 Å². The molecule has 112 valence electrons. The van der Waals surface area contributed by atoms with Crippen molar-refractivity contribution in [2.75, 3.05) is 6.54 Å². The molecule has 2 nitrogen and oxygen atoms in total. The van der Waals surface area contributed by atoms with Crippen molar-refractivity contribution in [1.82, 2.24) is 5.32 Å². The van der Waals surface area contributed by atoms with Crippen molar-refractivity contribution in [3.05, 3.63) is 0 Å². The molecule has 0 radical (unpaired) electrons. The second kappa shape index (κ2) is 8.16. The second-order valence-electron chi connectivity index (χ2n) is 7.25.